The van der Waals surface area contributed by atoms with E-state index in [0.29, 0.717) is 10.9 Å². The molecule has 6 heteroatoms. The van der Waals surface area contributed by atoms with Gasteiger partial charge in [-0.05, 0) is 41.1 Å². The van der Waals surface area contributed by atoms with Crippen molar-refractivity contribution in [3.05, 3.63) is 21.8 Å². The van der Waals surface area contributed by atoms with E-state index in [-0.39, 0.29) is 11.8 Å². The summed E-state index contributed by atoms with van der Waals surface area (Å²) in [4.78, 5) is 15.3. The number of carbonyl (C=O) groups is 1. The fraction of sp³-hybridized carbons (Fsp3) is 0.500. The van der Waals surface area contributed by atoms with Crippen LogP contribution in [0.25, 0.3) is 0 Å². The van der Waals surface area contributed by atoms with E-state index >= 15 is 0 Å². The average Bonchev–Trinajstić information content (AvgIpc) is 2.79. The summed E-state index contributed by atoms with van der Waals surface area (Å²) in [6, 6.07) is 1.78. The minimum atomic E-state index is -0.178. The Bertz CT molecular complexity index is 455. The van der Waals surface area contributed by atoms with E-state index in [9.17, 15) is 4.79 Å². The first-order chi connectivity index (χ1) is 8.56. The monoisotopic (exact) mass is 331 g/mol. The summed E-state index contributed by atoms with van der Waals surface area (Å²) in [7, 11) is 0. The van der Waals surface area contributed by atoms with Crippen LogP contribution in [0.1, 0.15) is 19.3 Å². The largest absolute Gasteiger partial charge is 0.370 e. The Morgan fingerprint density at radius 2 is 2.39 bits per heavy atom. The predicted molar refractivity (Wildman–Crippen MR) is 75.5 cm³/mol. The van der Waals surface area contributed by atoms with Gasteiger partial charge in [-0.15, -0.1) is 0 Å². The van der Waals surface area contributed by atoms with Gasteiger partial charge in [0.1, 0.15) is 5.82 Å². The first-order valence-electron chi connectivity index (χ1n) is 5.90. The van der Waals surface area contributed by atoms with Gasteiger partial charge in [0.25, 0.3) is 0 Å². The molecule has 1 saturated carbocycles. The summed E-state index contributed by atoms with van der Waals surface area (Å²) in [5.41, 5.74) is 5.31. The van der Waals surface area contributed by atoms with Gasteiger partial charge in [0.2, 0.25) is 5.91 Å². The zero-order valence-corrected chi connectivity index (χ0v) is 12.2. The Hall–Kier alpha value is -0.810. The van der Waals surface area contributed by atoms with E-state index in [2.05, 4.69) is 26.2 Å². The van der Waals surface area contributed by atoms with E-state index in [1.54, 1.807) is 12.3 Å². The maximum Gasteiger partial charge on any atom is 0.220 e. The zero-order valence-electron chi connectivity index (χ0n) is 9.83. The maximum atomic E-state index is 11.1. The first-order valence-corrected chi connectivity index (χ1v) is 7.07. The van der Waals surface area contributed by atoms with Crippen molar-refractivity contribution in [2.75, 3.05) is 11.9 Å². The fourth-order valence-corrected chi connectivity index (χ4v) is 2.65. The lowest BCUT2D eigenvalue weighted by molar-refractivity contribution is -0.121. The molecule has 0 spiro atoms. The fourth-order valence-electron chi connectivity index (χ4n) is 2.28. The van der Waals surface area contributed by atoms with Gasteiger partial charge >= 0.3 is 0 Å². The normalized spacial score (nSPS) is 23.0. The van der Waals surface area contributed by atoms with Crippen LogP contribution < -0.4 is 11.1 Å². The molecule has 98 valence electrons. The van der Waals surface area contributed by atoms with Gasteiger partial charge in [0, 0.05) is 24.7 Å². The van der Waals surface area contributed by atoms with Crippen LogP contribution in [-0.4, -0.2) is 17.4 Å². The van der Waals surface area contributed by atoms with Crippen LogP contribution in [0.15, 0.2) is 16.7 Å². The molecule has 1 aromatic heterocycles. The number of nitrogens with two attached hydrogens (primary N) is 1. The molecule has 2 atom stereocenters. The molecule has 1 aromatic rings. The second kappa shape index (κ2) is 5.89. The second-order valence-corrected chi connectivity index (χ2v) is 5.90. The summed E-state index contributed by atoms with van der Waals surface area (Å²) in [5, 5.41) is 3.88. The molecule has 1 amide bonds. The minimum Gasteiger partial charge on any atom is -0.370 e. The van der Waals surface area contributed by atoms with Crippen LogP contribution in [0.4, 0.5) is 5.82 Å². The highest BCUT2D eigenvalue weighted by atomic mass is 79.9. The third-order valence-electron chi connectivity index (χ3n) is 3.32. The topological polar surface area (TPSA) is 68.0 Å². The summed E-state index contributed by atoms with van der Waals surface area (Å²) >= 11 is 9.28. The smallest absolute Gasteiger partial charge is 0.220 e. The van der Waals surface area contributed by atoms with E-state index < -0.39 is 0 Å². The van der Waals surface area contributed by atoms with Gasteiger partial charge in [-0.25, -0.2) is 4.98 Å². The van der Waals surface area contributed by atoms with Gasteiger partial charge in [-0.2, -0.15) is 0 Å². The zero-order chi connectivity index (χ0) is 13.1. The highest BCUT2D eigenvalue weighted by Gasteiger charge is 2.28. The summed E-state index contributed by atoms with van der Waals surface area (Å²) in [6.45, 7) is 0.800. The number of pyridine rings is 1. The SMILES string of the molecule is NC(=O)[C@H]1CCC(CNc2cc(Cl)c(Br)cn2)C1. The number of rotatable bonds is 4. The van der Waals surface area contributed by atoms with Crippen molar-refractivity contribution < 1.29 is 4.79 Å². The molecular weight excluding hydrogens is 318 g/mol. The van der Waals surface area contributed by atoms with Crippen molar-refractivity contribution in [3.8, 4) is 0 Å². The number of halogens is 2. The molecule has 1 fully saturated rings. The lowest BCUT2D eigenvalue weighted by Gasteiger charge is -2.12. The third kappa shape index (κ3) is 3.36. The van der Waals surface area contributed by atoms with Crippen molar-refractivity contribution in [1.29, 1.82) is 0 Å². The highest BCUT2D eigenvalue weighted by molar-refractivity contribution is 9.10. The van der Waals surface area contributed by atoms with Crippen molar-refractivity contribution in [1.82, 2.24) is 4.98 Å². The summed E-state index contributed by atoms with van der Waals surface area (Å²) < 4.78 is 0.782. The lowest BCUT2D eigenvalue weighted by atomic mass is 10.0. The Balaban J connectivity index is 1.85. The molecule has 0 aliphatic heterocycles. The summed E-state index contributed by atoms with van der Waals surface area (Å²) in [6.07, 6.45) is 4.47. The molecule has 1 heterocycles. The van der Waals surface area contributed by atoms with Gasteiger partial charge in [0.15, 0.2) is 0 Å². The molecule has 1 unspecified atom stereocenters. The molecule has 2 rings (SSSR count). The number of amides is 1. The summed E-state index contributed by atoms with van der Waals surface area (Å²) in [5.74, 6) is 1.10. The average molecular weight is 333 g/mol. The van der Waals surface area contributed by atoms with Crippen LogP contribution in [-0.2, 0) is 4.79 Å². The van der Waals surface area contributed by atoms with Gasteiger partial charge in [-0.3, -0.25) is 4.79 Å². The molecule has 3 N–H and O–H groups in total. The standard InChI is InChI=1S/C12H15BrClN3O/c13-9-6-17-11(4-10(9)14)16-5-7-1-2-8(3-7)12(15)18/h4,6-8H,1-3,5H2,(H2,15,18)(H,16,17)/t7?,8-/m0/s1. The van der Waals surface area contributed by atoms with E-state index in [4.69, 9.17) is 17.3 Å². The molecule has 0 radical (unpaired) electrons. The molecular formula is C12H15BrClN3O. The Labute approximate surface area is 119 Å². The van der Waals surface area contributed by atoms with E-state index in [0.717, 1.165) is 36.1 Å². The van der Waals surface area contributed by atoms with Crippen LogP contribution >= 0.6 is 27.5 Å². The molecule has 4 nitrogen and oxygen atoms in total. The highest BCUT2D eigenvalue weighted by Crippen LogP contribution is 2.31. The number of nitrogens with zero attached hydrogens (tertiary/aromatic N) is 1. The van der Waals surface area contributed by atoms with Crippen LogP contribution in [0.5, 0.6) is 0 Å². The molecule has 18 heavy (non-hydrogen) atoms. The van der Waals surface area contributed by atoms with Crippen molar-refractivity contribution in [3.63, 3.8) is 0 Å². The van der Waals surface area contributed by atoms with Crippen molar-refractivity contribution >= 4 is 39.3 Å². The van der Waals surface area contributed by atoms with E-state index in [1.165, 1.54) is 0 Å². The number of hydrogen-bond donors (Lipinski definition) is 2. The molecule has 0 bridgehead atoms. The van der Waals surface area contributed by atoms with Gasteiger partial charge in [-0.1, -0.05) is 11.6 Å². The minimum absolute atomic E-state index is 0.0401. The first kappa shape index (κ1) is 13.6. The van der Waals surface area contributed by atoms with Crippen LogP contribution in [0.3, 0.4) is 0 Å². The van der Waals surface area contributed by atoms with Gasteiger partial charge in [0.05, 0.1) is 9.50 Å². The van der Waals surface area contributed by atoms with E-state index in [1.807, 2.05) is 0 Å². The number of aromatic nitrogens is 1. The number of carbonyl (C=O) groups excluding carboxylic acids is 1. The number of hydrogen-bond acceptors (Lipinski definition) is 3. The van der Waals surface area contributed by atoms with Crippen molar-refractivity contribution in [2.45, 2.75) is 19.3 Å². The van der Waals surface area contributed by atoms with Crippen LogP contribution in [0.2, 0.25) is 5.02 Å². The molecule has 1 aliphatic rings. The maximum absolute atomic E-state index is 11.1. The Morgan fingerprint density at radius 1 is 1.61 bits per heavy atom. The number of anilines is 1. The second-order valence-electron chi connectivity index (χ2n) is 4.64. The molecule has 0 aromatic carbocycles. The Kier molecular flexibility index (Phi) is 4.45. The predicted octanol–water partition coefficient (Wildman–Crippen LogP) is 2.81. The molecule has 1 aliphatic carbocycles. The lowest BCUT2D eigenvalue weighted by Crippen LogP contribution is -2.21. The number of nitrogens with one attached hydrogen (secondary N) is 1. The van der Waals surface area contributed by atoms with Gasteiger partial charge < -0.3 is 11.1 Å². The molecule has 0 saturated heterocycles. The van der Waals surface area contributed by atoms with Crippen LogP contribution in [0, 0.1) is 11.8 Å². The Morgan fingerprint density at radius 3 is 3.00 bits per heavy atom. The van der Waals surface area contributed by atoms with Crippen molar-refractivity contribution in [2.24, 2.45) is 17.6 Å². The quantitative estimate of drug-likeness (QED) is 0.891. The number of primary amides is 1. The third-order valence-corrected chi connectivity index (χ3v) is 4.50.